The summed E-state index contributed by atoms with van der Waals surface area (Å²) in [7, 11) is -3.88. The first-order valence-electron chi connectivity index (χ1n) is 12.2. The molecule has 0 bridgehead atoms. The Morgan fingerprint density at radius 3 is 1.97 bits per heavy atom. The summed E-state index contributed by atoms with van der Waals surface area (Å²) in [6.07, 6.45) is 1.01. The molecule has 0 aliphatic heterocycles. The van der Waals surface area contributed by atoms with Crippen LogP contribution in [0.25, 0.3) is 0 Å². The van der Waals surface area contributed by atoms with Gasteiger partial charge in [0.25, 0.3) is 0 Å². The number of amides is 2. The van der Waals surface area contributed by atoms with E-state index in [2.05, 4.69) is 5.32 Å². The molecule has 8 nitrogen and oxygen atoms in total. The molecule has 1 N–H and O–H groups in total. The number of halogens is 2. The summed E-state index contributed by atoms with van der Waals surface area (Å²) in [4.78, 5) is 27.8. The lowest BCUT2D eigenvalue weighted by atomic mass is 10.1. The number of benzene rings is 3. The highest BCUT2D eigenvalue weighted by Gasteiger charge is 2.31. The van der Waals surface area contributed by atoms with E-state index < -0.39 is 34.4 Å². The van der Waals surface area contributed by atoms with Crippen LogP contribution in [0.2, 0.25) is 10.0 Å². The van der Waals surface area contributed by atoms with Gasteiger partial charge in [0.15, 0.2) is 0 Å². The fraction of sp³-hybridized carbons (Fsp3) is 0.286. The monoisotopic (exact) mass is 591 g/mol. The average Bonchev–Trinajstić information content (AvgIpc) is 2.87. The van der Waals surface area contributed by atoms with Crippen LogP contribution in [-0.4, -0.2) is 50.0 Å². The van der Waals surface area contributed by atoms with E-state index in [1.165, 1.54) is 4.90 Å². The number of para-hydroxylation sites is 1. The lowest BCUT2D eigenvalue weighted by Crippen LogP contribution is -2.52. The fourth-order valence-electron chi connectivity index (χ4n) is 3.76. The minimum absolute atomic E-state index is 0.0918. The van der Waals surface area contributed by atoms with Gasteiger partial charge in [-0.2, -0.15) is 0 Å². The minimum atomic E-state index is -3.88. The van der Waals surface area contributed by atoms with Gasteiger partial charge in [-0.25, -0.2) is 8.42 Å². The first kappa shape index (κ1) is 30.3. The van der Waals surface area contributed by atoms with Crippen molar-refractivity contribution in [3.8, 4) is 11.5 Å². The molecule has 208 valence electrons. The molecule has 0 aliphatic carbocycles. The van der Waals surface area contributed by atoms with Crippen molar-refractivity contribution in [2.24, 2.45) is 0 Å². The highest BCUT2D eigenvalue weighted by molar-refractivity contribution is 7.92. The SMILES string of the molecule is CC(C)NC(=O)[C@@H](C)N(Cc1c(Cl)cccc1Cl)C(=O)CN(c1ccc(Oc2ccccc2)cc1)S(C)(=O)=O. The van der Waals surface area contributed by atoms with Gasteiger partial charge in [-0.05, 0) is 69.3 Å². The zero-order valence-corrected chi connectivity index (χ0v) is 24.4. The number of rotatable bonds is 11. The predicted molar refractivity (Wildman–Crippen MR) is 155 cm³/mol. The normalized spacial score (nSPS) is 12.1. The summed E-state index contributed by atoms with van der Waals surface area (Å²) in [6, 6.07) is 19.3. The van der Waals surface area contributed by atoms with Crippen LogP contribution >= 0.6 is 23.2 Å². The Bertz CT molecular complexity index is 1380. The number of sulfonamides is 1. The van der Waals surface area contributed by atoms with Gasteiger partial charge in [0, 0.05) is 28.2 Å². The maximum Gasteiger partial charge on any atom is 0.244 e. The molecule has 0 heterocycles. The van der Waals surface area contributed by atoms with E-state index in [4.69, 9.17) is 27.9 Å². The predicted octanol–water partition coefficient (Wildman–Crippen LogP) is 5.49. The molecule has 0 saturated heterocycles. The third kappa shape index (κ3) is 8.36. The van der Waals surface area contributed by atoms with Crippen LogP contribution in [0.1, 0.15) is 26.3 Å². The average molecular weight is 593 g/mol. The number of nitrogens with zero attached hydrogens (tertiary/aromatic N) is 2. The molecule has 0 unspecified atom stereocenters. The van der Waals surface area contributed by atoms with Crippen LogP contribution in [-0.2, 0) is 26.2 Å². The van der Waals surface area contributed by atoms with Gasteiger partial charge in [0.2, 0.25) is 21.8 Å². The van der Waals surface area contributed by atoms with Gasteiger partial charge in [0.1, 0.15) is 24.1 Å². The Morgan fingerprint density at radius 2 is 1.44 bits per heavy atom. The van der Waals surface area contributed by atoms with Crippen molar-refractivity contribution in [1.82, 2.24) is 10.2 Å². The second-order valence-corrected chi connectivity index (χ2v) is 12.0. The number of anilines is 1. The Labute approximate surface area is 239 Å². The van der Waals surface area contributed by atoms with Gasteiger partial charge in [-0.1, -0.05) is 47.5 Å². The molecule has 3 rings (SSSR count). The topological polar surface area (TPSA) is 96.0 Å². The Hall–Kier alpha value is -3.27. The Kier molecular flexibility index (Phi) is 10.2. The van der Waals surface area contributed by atoms with Crippen molar-refractivity contribution >= 4 is 50.7 Å². The largest absolute Gasteiger partial charge is 0.457 e. The molecule has 2 amide bonds. The van der Waals surface area contributed by atoms with Crippen LogP contribution < -0.4 is 14.4 Å². The molecule has 0 fully saturated rings. The van der Waals surface area contributed by atoms with E-state index in [0.717, 1.165) is 10.6 Å². The first-order chi connectivity index (χ1) is 18.4. The number of ether oxygens (including phenoxy) is 1. The Morgan fingerprint density at radius 1 is 0.872 bits per heavy atom. The summed E-state index contributed by atoms with van der Waals surface area (Å²) in [5, 5.41) is 3.44. The zero-order valence-electron chi connectivity index (χ0n) is 22.1. The lowest BCUT2D eigenvalue weighted by Gasteiger charge is -2.32. The van der Waals surface area contributed by atoms with Crippen LogP contribution in [0.4, 0.5) is 5.69 Å². The number of hydrogen-bond acceptors (Lipinski definition) is 5. The Balaban J connectivity index is 1.90. The van der Waals surface area contributed by atoms with Crippen molar-refractivity contribution in [2.45, 2.75) is 39.4 Å². The summed E-state index contributed by atoms with van der Waals surface area (Å²) in [5.41, 5.74) is 0.716. The van der Waals surface area contributed by atoms with Crippen LogP contribution in [0, 0.1) is 0 Å². The fourth-order valence-corrected chi connectivity index (χ4v) is 5.13. The molecule has 1 atom stereocenters. The molecule has 0 aliphatic rings. The van der Waals surface area contributed by atoms with Gasteiger partial charge in [0.05, 0.1) is 11.9 Å². The van der Waals surface area contributed by atoms with Gasteiger partial charge in [-0.3, -0.25) is 13.9 Å². The highest BCUT2D eigenvalue weighted by Crippen LogP contribution is 2.28. The molecule has 0 radical (unpaired) electrons. The molecule has 0 saturated carbocycles. The third-order valence-electron chi connectivity index (χ3n) is 5.77. The molecule has 3 aromatic carbocycles. The van der Waals surface area contributed by atoms with Gasteiger partial charge in [-0.15, -0.1) is 0 Å². The summed E-state index contributed by atoms with van der Waals surface area (Å²) in [6.45, 7) is 4.54. The molecular weight excluding hydrogens is 561 g/mol. The molecule has 0 aromatic heterocycles. The molecule has 39 heavy (non-hydrogen) atoms. The standard InChI is InChI=1S/C28H31Cl2N3O5S/c1-19(2)31-28(35)20(3)32(17-24-25(29)11-8-12-26(24)30)27(34)18-33(39(4,36)37)21-13-15-23(16-14-21)38-22-9-6-5-7-10-22/h5-16,19-20H,17-18H2,1-4H3,(H,31,35)/t20-/m1/s1. The molecule has 0 spiro atoms. The third-order valence-corrected chi connectivity index (χ3v) is 7.62. The van der Waals surface area contributed by atoms with Crippen molar-refractivity contribution in [3.05, 3.63) is 88.4 Å². The second-order valence-electron chi connectivity index (χ2n) is 9.24. The van der Waals surface area contributed by atoms with E-state index in [9.17, 15) is 18.0 Å². The lowest BCUT2D eigenvalue weighted by molar-refractivity contribution is -0.139. The van der Waals surface area contributed by atoms with Crippen LogP contribution in [0.3, 0.4) is 0 Å². The van der Waals surface area contributed by atoms with E-state index in [1.807, 2.05) is 18.2 Å². The van der Waals surface area contributed by atoms with E-state index in [1.54, 1.807) is 75.4 Å². The highest BCUT2D eigenvalue weighted by atomic mass is 35.5. The molecular formula is C28H31Cl2N3O5S. The number of hydrogen-bond donors (Lipinski definition) is 1. The van der Waals surface area contributed by atoms with Crippen LogP contribution in [0.15, 0.2) is 72.8 Å². The first-order valence-corrected chi connectivity index (χ1v) is 14.8. The summed E-state index contributed by atoms with van der Waals surface area (Å²) < 4.78 is 32.3. The summed E-state index contributed by atoms with van der Waals surface area (Å²) >= 11 is 12.7. The van der Waals surface area contributed by atoms with E-state index in [0.29, 0.717) is 27.1 Å². The van der Waals surface area contributed by atoms with Crippen molar-refractivity contribution in [2.75, 3.05) is 17.1 Å². The van der Waals surface area contributed by atoms with Crippen molar-refractivity contribution in [3.63, 3.8) is 0 Å². The minimum Gasteiger partial charge on any atom is -0.457 e. The van der Waals surface area contributed by atoms with E-state index in [-0.39, 0.29) is 18.3 Å². The second kappa shape index (κ2) is 13.2. The quantitative estimate of drug-likeness (QED) is 0.318. The maximum absolute atomic E-state index is 13.7. The van der Waals surface area contributed by atoms with Crippen LogP contribution in [0.5, 0.6) is 11.5 Å². The van der Waals surface area contributed by atoms with Gasteiger partial charge >= 0.3 is 0 Å². The maximum atomic E-state index is 13.7. The smallest absolute Gasteiger partial charge is 0.244 e. The number of nitrogens with one attached hydrogen (secondary N) is 1. The number of carbonyl (C=O) groups excluding carboxylic acids is 2. The number of carbonyl (C=O) groups is 2. The zero-order chi connectivity index (χ0) is 28.7. The van der Waals surface area contributed by atoms with E-state index >= 15 is 0 Å². The van der Waals surface area contributed by atoms with Gasteiger partial charge < -0.3 is 15.0 Å². The van der Waals surface area contributed by atoms with Crippen molar-refractivity contribution in [1.29, 1.82) is 0 Å². The molecule has 3 aromatic rings. The summed E-state index contributed by atoms with van der Waals surface area (Å²) in [5.74, 6) is 0.129. The molecule has 11 heteroatoms. The van der Waals surface area contributed by atoms with Crippen molar-refractivity contribution < 1.29 is 22.7 Å².